The van der Waals surface area contributed by atoms with Gasteiger partial charge in [0.15, 0.2) is 0 Å². The molecule has 0 bridgehead atoms. The predicted octanol–water partition coefficient (Wildman–Crippen LogP) is 3.69. The maximum absolute atomic E-state index is 12.5. The molecule has 1 aromatic carbocycles. The Balaban J connectivity index is 1.94. The van der Waals surface area contributed by atoms with Gasteiger partial charge in [-0.15, -0.1) is 0 Å². The van der Waals surface area contributed by atoms with Crippen LogP contribution in [-0.4, -0.2) is 41.7 Å². The zero-order chi connectivity index (χ0) is 18.4. The summed E-state index contributed by atoms with van der Waals surface area (Å²) in [4.78, 5) is 25.3. The normalized spacial score (nSPS) is 20.4. The van der Waals surface area contributed by atoms with E-state index in [0.717, 1.165) is 6.42 Å². The number of carboxylic acids is 1. The summed E-state index contributed by atoms with van der Waals surface area (Å²) in [6.07, 6.45) is 1.58. The van der Waals surface area contributed by atoms with Crippen LogP contribution in [0.4, 0.5) is 10.5 Å². The van der Waals surface area contributed by atoms with Crippen molar-refractivity contribution in [2.45, 2.75) is 33.6 Å². The lowest BCUT2D eigenvalue weighted by Crippen LogP contribution is -2.47. The number of hydrogen-bond donors (Lipinski definition) is 2. The molecule has 0 aliphatic carbocycles. The molecule has 138 valence electrons. The van der Waals surface area contributed by atoms with Gasteiger partial charge in [-0.25, -0.2) is 4.79 Å². The molecule has 1 aromatic rings. The Labute approximate surface area is 149 Å². The van der Waals surface area contributed by atoms with E-state index in [4.69, 9.17) is 4.74 Å². The standard InChI is InChI=1S/C19H28N2O4/c1-13(2)7-8-25-17-6-4-5-16(10-17)20-19(24)21-11-14(3)9-15(12-21)18(22)23/h4-6,10,13-15H,7-9,11-12H2,1-3H3,(H,20,24)(H,22,23). The zero-order valence-electron chi connectivity index (χ0n) is 15.2. The van der Waals surface area contributed by atoms with Crippen LogP contribution >= 0.6 is 0 Å². The lowest BCUT2D eigenvalue weighted by Gasteiger charge is -2.34. The lowest BCUT2D eigenvalue weighted by atomic mass is 9.91. The van der Waals surface area contributed by atoms with E-state index in [1.54, 1.807) is 17.0 Å². The summed E-state index contributed by atoms with van der Waals surface area (Å²) in [6, 6.07) is 7.02. The third-order valence-electron chi connectivity index (χ3n) is 4.35. The number of carbonyl (C=O) groups excluding carboxylic acids is 1. The van der Waals surface area contributed by atoms with Crippen LogP contribution in [0.3, 0.4) is 0 Å². The fourth-order valence-corrected chi connectivity index (χ4v) is 2.97. The molecular weight excluding hydrogens is 320 g/mol. The largest absolute Gasteiger partial charge is 0.494 e. The molecule has 0 aromatic heterocycles. The summed E-state index contributed by atoms with van der Waals surface area (Å²) < 4.78 is 5.71. The third kappa shape index (κ3) is 5.96. The fourth-order valence-electron chi connectivity index (χ4n) is 2.97. The Morgan fingerprint density at radius 3 is 2.80 bits per heavy atom. The predicted molar refractivity (Wildman–Crippen MR) is 96.9 cm³/mol. The number of aliphatic carboxylic acids is 1. The molecule has 2 amide bonds. The van der Waals surface area contributed by atoms with Crippen LogP contribution in [0, 0.1) is 17.8 Å². The summed E-state index contributed by atoms with van der Waals surface area (Å²) in [5.74, 6) is 0.122. The number of amides is 2. The van der Waals surface area contributed by atoms with Gasteiger partial charge in [-0.05, 0) is 36.8 Å². The van der Waals surface area contributed by atoms with Gasteiger partial charge in [-0.1, -0.05) is 26.8 Å². The number of likely N-dealkylation sites (tertiary alicyclic amines) is 1. The number of carbonyl (C=O) groups is 2. The monoisotopic (exact) mass is 348 g/mol. The van der Waals surface area contributed by atoms with Crippen LogP contribution in [0.15, 0.2) is 24.3 Å². The van der Waals surface area contributed by atoms with E-state index >= 15 is 0 Å². The highest BCUT2D eigenvalue weighted by Crippen LogP contribution is 2.23. The van der Waals surface area contributed by atoms with Gasteiger partial charge in [0.05, 0.1) is 12.5 Å². The van der Waals surface area contributed by atoms with Gasteiger partial charge in [-0.2, -0.15) is 0 Å². The van der Waals surface area contributed by atoms with Crippen molar-refractivity contribution in [3.8, 4) is 5.75 Å². The molecule has 6 heteroatoms. The first kappa shape index (κ1) is 19.1. The van der Waals surface area contributed by atoms with Crippen LogP contribution in [0.2, 0.25) is 0 Å². The lowest BCUT2D eigenvalue weighted by molar-refractivity contribution is -0.143. The number of rotatable bonds is 6. The molecule has 1 saturated heterocycles. The Hall–Kier alpha value is -2.24. The molecule has 1 fully saturated rings. The minimum Gasteiger partial charge on any atom is -0.494 e. The van der Waals surface area contributed by atoms with E-state index in [9.17, 15) is 14.7 Å². The molecule has 2 atom stereocenters. The van der Waals surface area contributed by atoms with Crippen LogP contribution < -0.4 is 10.1 Å². The minimum atomic E-state index is -0.843. The van der Waals surface area contributed by atoms with Gasteiger partial charge < -0.3 is 20.1 Å². The second-order valence-corrected chi connectivity index (χ2v) is 7.27. The number of hydrogen-bond acceptors (Lipinski definition) is 3. The first-order valence-corrected chi connectivity index (χ1v) is 8.86. The molecule has 1 aliphatic heterocycles. The van der Waals surface area contributed by atoms with E-state index < -0.39 is 11.9 Å². The molecule has 1 heterocycles. The SMILES string of the molecule is CC(C)CCOc1cccc(NC(=O)N2CC(C)CC(C(=O)O)C2)c1. The quantitative estimate of drug-likeness (QED) is 0.822. The van der Waals surface area contributed by atoms with E-state index in [2.05, 4.69) is 19.2 Å². The van der Waals surface area contributed by atoms with Gasteiger partial charge in [-0.3, -0.25) is 4.79 Å². The molecular formula is C19H28N2O4. The molecule has 6 nitrogen and oxygen atoms in total. The summed E-state index contributed by atoms with van der Waals surface area (Å²) >= 11 is 0. The van der Waals surface area contributed by atoms with Crippen molar-refractivity contribution in [2.75, 3.05) is 25.0 Å². The minimum absolute atomic E-state index is 0.173. The molecule has 0 radical (unpaired) electrons. The van der Waals surface area contributed by atoms with Gasteiger partial charge in [0.2, 0.25) is 0 Å². The molecule has 2 rings (SSSR count). The van der Waals surface area contributed by atoms with E-state index in [1.807, 2.05) is 19.1 Å². The smallest absolute Gasteiger partial charge is 0.321 e. The number of piperidine rings is 1. The van der Waals surface area contributed by atoms with Crippen molar-refractivity contribution in [2.24, 2.45) is 17.8 Å². The Kier molecular flexibility index (Phi) is 6.67. The van der Waals surface area contributed by atoms with Crippen molar-refractivity contribution >= 4 is 17.7 Å². The van der Waals surface area contributed by atoms with Gasteiger partial charge in [0, 0.05) is 24.8 Å². The van der Waals surface area contributed by atoms with Gasteiger partial charge in [0.25, 0.3) is 0 Å². The third-order valence-corrected chi connectivity index (χ3v) is 4.35. The Bertz CT molecular complexity index is 603. The second kappa shape index (κ2) is 8.74. The summed E-state index contributed by atoms with van der Waals surface area (Å²) in [6.45, 7) is 7.71. The van der Waals surface area contributed by atoms with Crippen molar-refractivity contribution in [3.63, 3.8) is 0 Å². The number of anilines is 1. The number of ether oxygens (including phenoxy) is 1. The van der Waals surface area contributed by atoms with Gasteiger partial charge >= 0.3 is 12.0 Å². The topological polar surface area (TPSA) is 78.9 Å². The summed E-state index contributed by atoms with van der Waals surface area (Å²) in [5.41, 5.74) is 0.650. The molecule has 0 spiro atoms. The maximum Gasteiger partial charge on any atom is 0.321 e. The van der Waals surface area contributed by atoms with Crippen molar-refractivity contribution in [3.05, 3.63) is 24.3 Å². The molecule has 1 aliphatic rings. The molecule has 2 unspecified atom stereocenters. The van der Waals surface area contributed by atoms with E-state index in [0.29, 0.717) is 36.9 Å². The number of benzene rings is 1. The number of nitrogens with one attached hydrogen (secondary N) is 1. The molecule has 0 saturated carbocycles. The fraction of sp³-hybridized carbons (Fsp3) is 0.579. The van der Waals surface area contributed by atoms with Crippen molar-refractivity contribution in [1.82, 2.24) is 4.90 Å². The average Bonchev–Trinajstić information content (AvgIpc) is 2.54. The summed E-state index contributed by atoms with van der Waals surface area (Å²) in [5, 5.41) is 12.1. The number of nitrogens with zero attached hydrogens (tertiary/aromatic N) is 1. The zero-order valence-corrected chi connectivity index (χ0v) is 15.2. The molecule has 2 N–H and O–H groups in total. The average molecular weight is 348 g/mol. The highest BCUT2D eigenvalue weighted by molar-refractivity contribution is 5.90. The van der Waals surface area contributed by atoms with Crippen molar-refractivity contribution < 1.29 is 19.4 Å². The highest BCUT2D eigenvalue weighted by atomic mass is 16.5. The maximum atomic E-state index is 12.5. The van der Waals surface area contributed by atoms with Gasteiger partial charge in [0.1, 0.15) is 5.75 Å². The number of carboxylic acid groups (broad SMARTS) is 1. The van der Waals surface area contributed by atoms with Crippen LogP contribution in [-0.2, 0) is 4.79 Å². The first-order chi connectivity index (χ1) is 11.8. The Morgan fingerprint density at radius 1 is 1.36 bits per heavy atom. The number of urea groups is 1. The van der Waals surface area contributed by atoms with Crippen LogP contribution in [0.25, 0.3) is 0 Å². The van der Waals surface area contributed by atoms with E-state index in [1.165, 1.54) is 0 Å². The summed E-state index contributed by atoms with van der Waals surface area (Å²) in [7, 11) is 0. The van der Waals surface area contributed by atoms with E-state index in [-0.39, 0.29) is 18.5 Å². The van der Waals surface area contributed by atoms with Crippen molar-refractivity contribution in [1.29, 1.82) is 0 Å². The van der Waals surface area contributed by atoms with Crippen LogP contribution in [0.1, 0.15) is 33.6 Å². The van der Waals surface area contributed by atoms with Crippen LogP contribution in [0.5, 0.6) is 5.75 Å². The second-order valence-electron chi connectivity index (χ2n) is 7.27. The highest BCUT2D eigenvalue weighted by Gasteiger charge is 2.31. The first-order valence-electron chi connectivity index (χ1n) is 8.86. The molecule has 25 heavy (non-hydrogen) atoms. The Morgan fingerprint density at radius 2 is 2.12 bits per heavy atom.